The van der Waals surface area contributed by atoms with Gasteiger partial charge in [-0.3, -0.25) is 0 Å². The van der Waals surface area contributed by atoms with E-state index in [1.807, 2.05) is 0 Å². The zero-order valence-corrected chi connectivity index (χ0v) is 17.4. The maximum atomic E-state index is 13.0. The van der Waals surface area contributed by atoms with Crippen LogP contribution in [-0.4, -0.2) is 19.0 Å². The van der Waals surface area contributed by atoms with Crippen molar-refractivity contribution in [3.05, 3.63) is 22.6 Å². The molecular formula is C20H34GeO. The van der Waals surface area contributed by atoms with Crippen molar-refractivity contribution in [3.63, 3.8) is 0 Å². The molecule has 0 spiro atoms. The van der Waals surface area contributed by atoms with Gasteiger partial charge in [0, 0.05) is 0 Å². The molecule has 2 fully saturated rings. The third kappa shape index (κ3) is 3.44. The number of ketones is 1. The number of carbonyl (C=O) groups excluding carboxylic acids is 1. The standard InChI is InChI=1S/C20H34GeO/c1-7-17(21(4,5)6)12-11-16-13-14-20(3)15(2)9-8-10-18(20)19(16)22/h7,16,18H,2,8-14H2,1,3-6H3/b17-7+/t16-,18-,20+/m1/s1. The van der Waals surface area contributed by atoms with Gasteiger partial charge in [-0.15, -0.1) is 0 Å². The van der Waals surface area contributed by atoms with Gasteiger partial charge in [-0.2, -0.15) is 0 Å². The van der Waals surface area contributed by atoms with Crippen LogP contribution in [-0.2, 0) is 4.79 Å². The third-order valence-corrected chi connectivity index (χ3v) is 11.6. The van der Waals surface area contributed by atoms with E-state index in [1.165, 1.54) is 12.0 Å². The van der Waals surface area contributed by atoms with Gasteiger partial charge in [-0.25, -0.2) is 0 Å². The minimum absolute atomic E-state index is 0.108. The van der Waals surface area contributed by atoms with E-state index in [2.05, 4.69) is 43.8 Å². The molecular weight excluding hydrogens is 329 g/mol. The summed E-state index contributed by atoms with van der Waals surface area (Å²) in [4.78, 5) is 13.0. The van der Waals surface area contributed by atoms with E-state index in [9.17, 15) is 4.79 Å². The van der Waals surface area contributed by atoms with Gasteiger partial charge in [-0.1, -0.05) is 0 Å². The molecule has 2 rings (SSSR count). The SMILES string of the molecule is C=C1CCC[C@@H]2C(=O)[C@H](CC/[C](=C\C)[Ge]([CH3])([CH3])[CH3])CC[C@@]12C. The van der Waals surface area contributed by atoms with Gasteiger partial charge in [-0.05, 0) is 0 Å². The monoisotopic (exact) mass is 364 g/mol. The van der Waals surface area contributed by atoms with Crippen molar-refractivity contribution in [1.29, 1.82) is 0 Å². The maximum absolute atomic E-state index is 13.0. The molecule has 3 atom stereocenters. The molecule has 0 radical (unpaired) electrons. The van der Waals surface area contributed by atoms with Gasteiger partial charge in [0.1, 0.15) is 0 Å². The average molecular weight is 363 g/mol. The Morgan fingerprint density at radius 3 is 2.64 bits per heavy atom. The van der Waals surface area contributed by atoms with Crippen LogP contribution in [0.3, 0.4) is 0 Å². The Hall–Kier alpha value is -0.307. The zero-order valence-electron chi connectivity index (χ0n) is 15.3. The summed E-state index contributed by atoms with van der Waals surface area (Å²) in [6.07, 6.45) is 10.2. The topological polar surface area (TPSA) is 17.1 Å². The fourth-order valence-electron chi connectivity index (χ4n) is 4.65. The van der Waals surface area contributed by atoms with Crippen molar-refractivity contribution in [2.24, 2.45) is 17.3 Å². The van der Waals surface area contributed by atoms with E-state index in [1.54, 1.807) is 4.41 Å². The third-order valence-electron chi connectivity index (χ3n) is 6.38. The molecule has 0 aromatic rings. The van der Waals surface area contributed by atoms with Crippen LogP contribution in [0.15, 0.2) is 22.6 Å². The van der Waals surface area contributed by atoms with E-state index in [0.29, 0.717) is 11.7 Å². The van der Waals surface area contributed by atoms with E-state index in [4.69, 9.17) is 0 Å². The number of hydrogen-bond acceptors (Lipinski definition) is 1. The van der Waals surface area contributed by atoms with Crippen molar-refractivity contribution in [1.82, 2.24) is 0 Å². The molecule has 124 valence electrons. The second-order valence-corrected chi connectivity index (χ2v) is 19.5. The van der Waals surface area contributed by atoms with E-state index >= 15 is 0 Å². The molecule has 0 aromatic heterocycles. The molecule has 0 amide bonds. The normalized spacial score (nSPS) is 33.8. The number of fused-ring (bicyclic) bond motifs is 1. The van der Waals surface area contributed by atoms with Crippen LogP contribution in [0.5, 0.6) is 0 Å². The first-order valence-corrected chi connectivity index (χ1v) is 16.4. The molecule has 0 saturated heterocycles. The van der Waals surface area contributed by atoms with Crippen LogP contribution in [0.25, 0.3) is 0 Å². The zero-order chi connectivity index (χ0) is 16.5. The van der Waals surface area contributed by atoms with Crippen LogP contribution in [0.1, 0.15) is 58.8 Å². The Morgan fingerprint density at radius 2 is 2.05 bits per heavy atom. The molecule has 0 bridgehead atoms. The quantitative estimate of drug-likeness (QED) is 0.447. The minimum atomic E-state index is -1.72. The predicted molar refractivity (Wildman–Crippen MR) is 98.7 cm³/mol. The number of rotatable bonds is 4. The van der Waals surface area contributed by atoms with Crippen LogP contribution in [0, 0.1) is 17.3 Å². The van der Waals surface area contributed by atoms with E-state index in [-0.39, 0.29) is 11.3 Å². The van der Waals surface area contributed by atoms with Crippen molar-refractivity contribution < 1.29 is 4.79 Å². The molecule has 2 aliphatic carbocycles. The van der Waals surface area contributed by atoms with Crippen molar-refractivity contribution >= 4 is 19.0 Å². The van der Waals surface area contributed by atoms with Crippen molar-refractivity contribution in [2.45, 2.75) is 76.1 Å². The predicted octanol–water partition coefficient (Wildman–Crippen LogP) is 5.93. The van der Waals surface area contributed by atoms with Gasteiger partial charge in [0.2, 0.25) is 0 Å². The Morgan fingerprint density at radius 1 is 1.36 bits per heavy atom. The molecule has 0 unspecified atom stereocenters. The first-order chi connectivity index (χ1) is 10.2. The van der Waals surface area contributed by atoms with Crippen molar-refractivity contribution in [2.75, 3.05) is 0 Å². The molecule has 0 N–H and O–H groups in total. The molecule has 2 aliphatic rings. The van der Waals surface area contributed by atoms with Crippen LogP contribution >= 0.6 is 0 Å². The summed E-state index contributed by atoms with van der Waals surface area (Å²) in [6.45, 7) is 8.77. The fraction of sp³-hybridized carbons (Fsp3) is 0.750. The number of hydrogen-bond donors (Lipinski definition) is 0. The summed E-state index contributed by atoms with van der Waals surface area (Å²) in [5.74, 6) is 8.51. The van der Waals surface area contributed by atoms with Gasteiger partial charge in [0.25, 0.3) is 0 Å². The van der Waals surface area contributed by atoms with E-state index in [0.717, 1.165) is 38.5 Å². The van der Waals surface area contributed by atoms with Crippen LogP contribution < -0.4 is 0 Å². The molecule has 0 aromatic carbocycles. The first-order valence-electron chi connectivity index (χ1n) is 9.08. The van der Waals surface area contributed by atoms with Crippen molar-refractivity contribution in [3.8, 4) is 0 Å². The van der Waals surface area contributed by atoms with Gasteiger partial charge in [0.05, 0.1) is 0 Å². The number of allylic oxidation sites excluding steroid dienone is 3. The average Bonchev–Trinajstić information content (AvgIpc) is 2.43. The van der Waals surface area contributed by atoms with Gasteiger partial charge < -0.3 is 0 Å². The molecule has 22 heavy (non-hydrogen) atoms. The van der Waals surface area contributed by atoms with Gasteiger partial charge >= 0.3 is 140 Å². The Bertz CT molecular complexity index is 482. The summed E-state index contributed by atoms with van der Waals surface area (Å²) in [7, 11) is 0. The Labute approximate surface area is 140 Å². The van der Waals surface area contributed by atoms with Crippen LogP contribution in [0.4, 0.5) is 0 Å². The number of carbonyl (C=O) groups is 1. The summed E-state index contributed by atoms with van der Waals surface area (Å²) in [5.41, 5.74) is 1.45. The molecule has 1 nitrogen and oxygen atoms in total. The fourth-order valence-corrected chi connectivity index (χ4v) is 8.34. The summed E-state index contributed by atoms with van der Waals surface area (Å²) in [6, 6.07) is 0. The van der Waals surface area contributed by atoms with E-state index < -0.39 is 13.3 Å². The summed E-state index contributed by atoms with van der Waals surface area (Å²) in [5, 5.41) is 0. The molecule has 2 saturated carbocycles. The van der Waals surface area contributed by atoms with Gasteiger partial charge in [0.15, 0.2) is 0 Å². The molecule has 2 heteroatoms. The summed E-state index contributed by atoms with van der Waals surface area (Å²) < 4.78 is 1.68. The second kappa shape index (κ2) is 6.67. The van der Waals surface area contributed by atoms with Crippen LogP contribution in [0.2, 0.25) is 17.3 Å². The Kier molecular flexibility index (Phi) is 5.47. The molecule has 0 heterocycles. The first kappa shape index (κ1) is 18.0. The number of Topliss-reactive ketones (excluding diaryl/α,β-unsaturated/α-hetero) is 1. The second-order valence-electron chi connectivity index (χ2n) is 8.71. The Balaban J connectivity index is 2.04. The molecule has 0 aliphatic heterocycles. The summed E-state index contributed by atoms with van der Waals surface area (Å²) >= 11 is -1.72.